The van der Waals surface area contributed by atoms with E-state index in [1.165, 1.54) is 0 Å². The topological polar surface area (TPSA) is 15.3 Å². The zero-order valence-corrected chi connectivity index (χ0v) is 12.1. The minimum Gasteiger partial charge on any atom is -0.370 e. The predicted molar refractivity (Wildman–Crippen MR) is 76.5 cm³/mol. The third-order valence-electron chi connectivity index (χ3n) is 3.25. The Balaban J connectivity index is 2.82. The van der Waals surface area contributed by atoms with Crippen LogP contribution in [0.3, 0.4) is 0 Å². The molecule has 1 aromatic rings. The van der Waals surface area contributed by atoms with Crippen LogP contribution in [0.15, 0.2) is 18.2 Å². The quantitative estimate of drug-likeness (QED) is 0.834. The third kappa shape index (κ3) is 3.98. The van der Waals surface area contributed by atoms with Crippen molar-refractivity contribution < 1.29 is 4.39 Å². The van der Waals surface area contributed by atoms with Gasteiger partial charge in [-0.15, -0.1) is 0 Å². The number of hydrogen-bond donors (Lipinski definition) is 1. The standard InChI is InChI=1S/C15H25FN2/c1-11(2)8-12(3)18(5)15-7-6-13(10-17-4)9-14(15)16/h6-7,9,11-12,17H,8,10H2,1-5H3. The summed E-state index contributed by atoms with van der Waals surface area (Å²) < 4.78 is 14.1. The van der Waals surface area contributed by atoms with Crippen molar-refractivity contribution in [2.45, 2.75) is 39.8 Å². The summed E-state index contributed by atoms with van der Waals surface area (Å²) in [4.78, 5) is 2.03. The van der Waals surface area contributed by atoms with Crippen molar-refractivity contribution in [2.75, 3.05) is 19.0 Å². The maximum atomic E-state index is 14.1. The molecule has 1 rings (SSSR count). The van der Waals surface area contributed by atoms with Gasteiger partial charge in [0.05, 0.1) is 5.69 Å². The molecular formula is C15H25FN2. The number of hydrogen-bond acceptors (Lipinski definition) is 2. The molecule has 0 fully saturated rings. The van der Waals surface area contributed by atoms with Gasteiger partial charge in [0.15, 0.2) is 0 Å². The van der Waals surface area contributed by atoms with Crippen molar-refractivity contribution in [3.8, 4) is 0 Å². The van der Waals surface area contributed by atoms with E-state index in [9.17, 15) is 4.39 Å². The summed E-state index contributed by atoms with van der Waals surface area (Å²) >= 11 is 0. The summed E-state index contributed by atoms with van der Waals surface area (Å²) in [5.74, 6) is 0.481. The number of anilines is 1. The first-order chi connectivity index (χ1) is 8.45. The Morgan fingerprint density at radius 1 is 1.28 bits per heavy atom. The Labute approximate surface area is 110 Å². The first-order valence-corrected chi connectivity index (χ1v) is 6.61. The Bertz CT molecular complexity index is 377. The maximum Gasteiger partial charge on any atom is 0.146 e. The monoisotopic (exact) mass is 252 g/mol. The SMILES string of the molecule is CNCc1ccc(N(C)C(C)CC(C)C)c(F)c1. The van der Waals surface area contributed by atoms with Crippen LogP contribution < -0.4 is 10.2 Å². The van der Waals surface area contributed by atoms with Crippen LogP contribution in [0.1, 0.15) is 32.8 Å². The van der Waals surface area contributed by atoms with Crippen molar-refractivity contribution in [1.29, 1.82) is 0 Å². The summed E-state index contributed by atoms with van der Waals surface area (Å²) in [6.07, 6.45) is 1.06. The van der Waals surface area contributed by atoms with Crippen LogP contribution in [0, 0.1) is 11.7 Å². The molecule has 1 N–H and O–H groups in total. The highest BCUT2D eigenvalue weighted by Gasteiger charge is 2.15. The van der Waals surface area contributed by atoms with E-state index < -0.39 is 0 Å². The van der Waals surface area contributed by atoms with E-state index >= 15 is 0 Å². The lowest BCUT2D eigenvalue weighted by Gasteiger charge is -2.28. The number of nitrogens with zero attached hydrogens (tertiary/aromatic N) is 1. The number of halogens is 1. The molecule has 0 heterocycles. The van der Waals surface area contributed by atoms with E-state index in [2.05, 4.69) is 26.1 Å². The second-order valence-electron chi connectivity index (χ2n) is 5.41. The third-order valence-corrected chi connectivity index (χ3v) is 3.25. The molecule has 3 heteroatoms. The lowest BCUT2D eigenvalue weighted by molar-refractivity contribution is 0.498. The van der Waals surface area contributed by atoms with Crippen molar-refractivity contribution >= 4 is 5.69 Å². The van der Waals surface area contributed by atoms with Gasteiger partial charge in [0.1, 0.15) is 5.82 Å². The van der Waals surface area contributed by atoms with Crippen LogP contribution in [-0.2, 0) is 6.54 Å². The zero-order valence-electron chi connectivity index (χ0n) is 12.1. The van der Waals surface area contributed by atoms with E-state index in [-0.39, 0.29) is 5.82 Å². The molecule has 102 valence electrons. The Morgan fingerprint density at radius 2 is 1.94 bits per heavy atom. The molecule has 0 aliphatic rings. The van der Waals surface area contributed by atoms with Crippen LogP contribution in [-0.4, -0.2) is 20.1 Å². The predicted octanol–water partition coefficient (Wildman–Crippen LogP) is 3.42. The van der Waals surface area contributed by atoms with E-state index in [0.717, 1.165) is 12.0 Å². The molecule has 0 spiro atoms. The van der Waals surface area contributed by atoms with E-state index in [4.69, 9.17) is 0 Å². The fourth-order valence-electron chi connectivity index (χ4n) is 2.23. The summed E-state index contributed by atoms with van der Waals surface area (Å²) in [6.45, 7) is 7.22. The van der Waals surface area contributed by atoms with Gasteiger partial charge in [-0.1, -0.05) is 19.9 Å². The van der Waals surface area contributed by atoms with E-state index in [0.29, 0.717) is 24.2 Å². The number of benzene rings is 1. The van der Waals surface area contributed by atoms with Gasteiger partial charge >= 0.3 is 0 Å². The molecule has 18 heavy (non-hydrogen) atoms. The molecule has 0 aliphatic heterocycles. The zero-order chi connectivity index (χ0) is 13.7. The first kappa shape index (κ1) is 15.0. The minimum atomic E-state index is -0.138. The van der Waals surface area contributed by atoms with E-state index in [1.54, 1.807) is 6.07 Å². The van der Waals surface area contributed by atoms with Crippen molar-refractivity contribution in [3.05, 3.63) is 29.6 Å². The van der Waals surface area contributed by atoms with E-state index in [1.807, 2.05) is 31.1 Å². The van der Waals surface area contributed by atoms with Crippen molar-refractivity contribution in [1.82, 2.24) is 5.32 Å². The van der Waals surface area contributed by atoms with Gasteiger partial charge in [-0.25, -0.2) is 4.39 Å². The largest absolute Gasteiger partial charge is 0.370 e. The number of nitrogens with one attached hydrogen (secondary N) is 1. The normalized spacial score (nSPS) is 12.8. The molecule has 0 saturated heterocycles. The Kier molecular flexibility index (Phi) is 5.60. The first-order valence-electron chi connectivity index (χ1n) is 6.61. The molecule has 0 amide bonds. The highest BCUT2D eigenvalue weighted by atomic mass is 19.1. The Morgan fingerprint density at radius 3 is 2.44 bits per heavy atom. The van der Waals surface area contributed by atoms with Gasteiger partial charge in [0, 0.05) is 19.6 Å². The summed E-state index contributed by atoms with van der Waals surface area (Å²) in [7, 11) is 3.83. The average Bonchev–Trinajstić information content (AvgIpc) is 2.28. The molecule has 1 unspecified atom stereocenters. The molecule has 0 saturated carbocycles. The summed E-state index contributed by atoms with van der Waals surface area (Å²) in [6, 6.07) is 5.81. The molecule has 2 nitrogen and oxygen atoms in total. The molecule has 1 atom stereocenters. The summed E-state index contributed by atoms with van der Waals surface area (Å²) in [5.41, 5.74) is 1.66. The minimum absolute atomic E-state index is 0.138. The van der Waals surface area contributed by atoms with Crippen molar-refractivity contribution in [2.24, 2.45) is 5.92 Å². The van der Waals surface area contributed by atoms with Crippen molar-refractivity contribution in [3.63, 3.8) is 0 Å². The second kappa shape index (κ2) is 6.74. The van der Waals surface area contributed by atoms with Gasteiger partial charge in [0.2, 0.25) is 0 Å². The van der Waals surface area contributed by atoms with Gasteiger partial charge in [-0.05, 0) is 44.0 Å². The molecule has 0 radical (unpaired) electrons. The van der Waals surface area contributed by atoms with Crippen LogP contribution in [0.25, 0.3) is 0 Å². The van der Waals surface area contributed by atoms with Gasteiger partial charge in [-0.2, -0.15) is 0 Å². The van der Waals surface area contributed by atoms with Crippen LogP contribution in [0.2, 0.25) is 0 Å². The number of rotatable bonds is 6. The van der Waals surface area contributed by atoms with Gasteiger partial charge in [-0.3, -0.25) is 0 Å². The van der Waals surface area contributed by atoms with Crippen LogP contribution in [0.5, 0.6) is 0 Å². The fraction of sp³-hybridized carbons (Fsp3) is 0.600. The molecule has 1 aromatic carbocycles. The fourth-order valence-corrected chi connectivity index (χ4v) is 2.23. The highest BCUT2D eigenvalue weighted by Crippen LogP contribution is 2.23. The van der Waals surface area contributed by atoms with Crippen LogP contribution in [0.4, 0.5) is 10.1 Å². The lowest BCUT2D eigenvalue weighted by atomic mass is 10.0. The smallest absolute Gasteiger partial charge is 0.146 e. The maximum absolute atomic E-state index is 14.1. The van der Waals surface area contributed by atoms with Gasteiger partial charge < -0.3 is 10.2 Å². The molecule has 0 aromatic heterocycles. The Hall–Kier alpha value is -1.09. The lowest BCUT2D eigenvalue weighted by Crippen LogP contribution is -2.30. The molecule has 0 bridgehead atoms. The average molecular weight is 252 g/mol. The molecular weight excluding hydrogens is 227 g/mol. The summed E-state index contributed by atoms with van der Waals surface area (Å²) in [5, 5.41) is 3.03. The van der Waals surface area contributed by atoms with Crippen LogP contribution >= 0.6 is 0 Å². The molecule has 0 aliphatic carbocycles. The van der Waals surface area contributed by atoms with Gasteiger partial charge in [0.25, 0.3) is 0 Å². The second-order valence-corrected chi connectivity index (χ2v) is 5.41. The highest BCUT2D eigenvalue weighted by molar-refractivity contribution is 5.49.